The minimum absolute atomic E-state index is 0.0678. The number of benzene rings is 2. The van der Waals surface area contributed by atoms with Crippen LogP contribution in [-0.4, -0.2) is 39.3 Å². The van der Waals surface area contributed by atoms with Gasteiger partial charge in [0.15, 0.2) is 18.0 Å². The number of halogens is 1. The minimum Gasteiger partial charge on any atom is -0.495 e. The lowest BCUT2D eigenvalue weighted by atomic mass is 10.2. The van der Waals surface area contributed by atoms with Gasteiger partial charge in [0.1, 0.15) is 12.3 Å². The van der Waals surface area contributed by atoms with Gasteiger partial charge in [-0.3, -0.25) is 4.79 Å². The second-order valence-electron chi connectivity index (χ2n) is 6.66. The molecule has 2 aromatic rings. The Hall–Kier alpha value is -2.44. The normalized spacial score (nSPS) is 14.1. The maximum absolute atomic E-state index is 12.5. The predicted octanol–water partition coefficient (Wildman–Crippen LogP) is 2.55. The Morgan fingerprint density at radius 1 is 1.25 bits per heavy atom. The fourth-order valence-corrected chi connectivity index (χ4v) is 3.44. The van der Waals surface area contributed by atoms with Crippen LogP contribution < -0.4 is 24.4 Å². The highest BCUT2D eigenvalue weighted by Crippen LogP contribution is 2.37. The zero-order chi connectivity index (χ0) is 19.9. The number of carbonyl (C=O) groups is 1. The van der Waals surface area contributed by atoms with Gasteiger partial charge in [-0.15, -0.1) is 0 Å². The molecule has 0 spiro atoms. The maximum Gasteiger partial charge on any atom is 0.279 e. The van der Waals surface area contributed by atoms with E-state index in [1.165, 1.54) is 0 Å². The van der Waals surface area contributed by atoms with Crippen molar-refractivity contribution in [2.24, 2.45) is 0 Å². The fourth-order valence-electron chi connectivity index (χ4n) is 3.16. The lowest BCUT2D eigenvalue weighted by Gasteiger charge is -2.19. The molecule has 6 nitrogen and oxygen atoms in total. The van der Waals surface area contributed by atoms with Crippen molar-refractivity contribution in [3.63, 3.8) is 0 Å². The van der Waals surface area contributed by atoms with E-state index in [4.69, 9.17) is 25.8 Å². The van der Waals surface area contributed by atoms with Crippen LogP contribution in [0.4, 0.5) is 5.69 Å². The molecule has 0 aliphatic carbocycles. The summed E-state index contributed by atoms with van der Waals surface area (Å²) in [6, 6.07) is 11.2. The molecule has 2 aromatic carbocycles. The Kier molecular flexibility index (Phi) is 7.01. The summed E-state index contributed by atoms with van der Waals surface area (Å²) in [7, 11) is 1.59. The molecule has 1 atom stereocenters. The summed E-state index contributed by atoms with van der Waals surface area (Å²) in [6.45, 7) is 5.05. The van der Waals surface area contributed by atoms with Crippen LogP contribution in [0.25, 0.3) is 0 Å². The Morgan fingerprint density at radius 2 is 2.04 bits per heavy atom. The number of carbonyl (C=O) groups excluding carboxylic acids is 1. The molecule has 0 bridgehead atoms. The molecule has 0 saturated carbocycles. The van der Waals surface area contributed by atoms with Crippen molar-refractivity contribution in [1.82, 2.24) is 0 Å². The molecule has 2 N–H and O–H groups in total. The average Bonchev–Trinajstić information content (AvgIpc) is 2.93. The van der Waals surface area contributed by atoms with Gasteiger partial charge in [0.2, 0.25) is 0 Å². The van der Waals surface area contributed by atoms with E-state index in [1.807, 2.05) is 36.4 Å². The molecule has 1 amide bonds. The number of rotatable bonds is 7. The molecular weight excluding hydrogens is 380 g/mol. The van der Waals surface area contributed by atoms with E-state index in [1.54, 1.807) is 7.11 Å². The van der Waals surface area contributed by atoms with E-state index in [2.05, 4.69) is 12.2 Å². The van der Waals surface area contributed by atoms with Crippen LogP contribution in [-0.2, 0) is 11.3 Å². The van der Waals surface area contributed by atoms with E-state index >= 15 is 0 Å². The van der Waals surface area contributed by atoms with Gasteiger partial charge in [-0.1, -0.05) is 23.7 Å². The molecular formula is C21H26ClN2O4+. The lowest BCUT2D eigenvalue weighted by Crippen LogP contribution is -3.11. The van der Waals surface area contributed by atoms with Crippen LogP contribution in [0.1, 0.15) is 18.9 Å². The summed E-state index contributed by atoms with van der Waals surface area (Å²) in [6.07, 6.45) is 0.829. The van der Waals surface area contributed by atoms with Crippen molar-refractivity contribution < 1.29 is 23.9 Å². The van der Waals surface area contributed by atoms with Crippen molar-refractivity contribution >= 4 is 23.2 Å². The number of quaternary nitrogens is 1. The molecule has 0 saturated heterocycles. The highest BCUT2D eigenvalue weighted by Gasteiger charge is 2.19. The number of nitrogens with one attached hydrogen (secondary N) is 2. The van der Waals surface area contributed by atoms with Crippen LogP contribution in [0.15, 0.2) is 36.4 Å². The van der Waals surface area contributed by atoms with Crippen LogP contribution in [0.2, 0.25) is 5.02 Å². The summed E-state index contributed by atoms with van der Waals surface area (Å²) < 4.78 is 16.7. The first kappa shape index (κ1) is 20.3. The minimum atomic E-state index is -0.0678. The molecule has 1 aliphatic heterocycles. The third kappa shape index (κ3) is 5.09. The number of methoxy groups -OCH3 is 1. The summed E-state index contributed by atoms with van der Waals surface area (Å²) in [4.78, 5) is 13.6. The highest BCUT2D eigenvalue weighted by molar-refractivity contribution is 6.32. The molecule has 1 heterocycles. The van der Waals surface area contributed by atoms with Crippen LogP contribution >= 0.6 is 11.6 Å². The first-order valence-electron chi connectivity index (χ1n) is 9.45. The van der Waals surface area contributed by atoms with Gasteiger partial charge < -0.3 is 24.4 Å². The van der Waals surface area contributed by atoms with Gasteiger partial charge in [-0.25, -0.2) is 0 Å². The van der Waals surface area contributed by atoms with Crippen molar-refractivity contribution in [3.05, 3.63) is 47.0 Å². The van der Waals surface area contributed by atoms with Gasteiger partial charge in [-0.2, -0.15) is 0 Å². The monoisotopic (exact) mass is 405 g/mol. The van der Waals surface area contributed by atoms with Crippen LogP contribution in [0, 0.1) is 0 Å². The number of anilines is 1. The molecule has 0 aromatic heterocycles. The van der Waals surface area contributed by atoms with E-state index in [0.29, 0.717) is 54.3 Å². The summed E-state index contributed by atoms with van der Waals surface area (Å²) in [5, 5.41) is 3.47. The van der Waals surface area contributed by atoms with E-state index < -0.39 is 0 Å². The summed E-state index contributed by atoms with van der Waals surface area (Å²) in [5.74, 6) is 1.86. The third-order valence-corrected chi connectivity index (χ3v) is 4.89. The van der Waals surface area contributed by atoms with Crippen molar-refractivity contribution in [1.29, 1.82) is 0 Å². The van der Waals surface area contributed by atoms with E-state index in [-0.39, 0.29) is 5.91 Å². The molecule has 1 unspecified atom stereocenters. The SMILES string of the molecule is CC[NH+](CC(=O)Nc1ccccc1OC)Cc1cc(Cl)c2c(c1)OCCCO2. The van der Waals surface area contributed by atoms with Gasteiger partial charge in [0.05, 0.1) is 37.6 Å². The van der Waals surface area contributed by atoms with E-state index in [0.717, 1.165) is 23.4 Å². The van der Waals surface area contributed by atoms with Crippen LogP contribution in [0.3, 0.4) is 0 Å². The Morgan fingerprint density at radius 3 is 2.82 bits per heavy atom. The van der Waals surface area contributed by atoms with Gasteiger partial charge in [-0.05, 0) is 31.2 Å². The Labute approximate surface area is 170 Å². The number of amides is 1. The zero-order valence-corrected chi connectivity index (χ0v) is 17.0. The summed E-state index contributed by atoms with van der Waals surface area (Å²) >= 11 is 6.39. The largest absolute Gasteiger partial charge is 0.495 e. The number of hydrogen-bond acceptors (Lipinski definition) is 4. The maximum atomic E-state index is 12.5. The third-order valence-electron chi connectivity index (χ3n) is 4.61. The van der Waals surface area contributed by atoms with Crippen molar-refractivity contribution in [3.8, 4) is 17.2 Å². The number of fused-ring (bicyclic) bond motifs is 1. The quantitative estimate of drug-likeness (QED) is 0.743. The molecule has 1 aliphatic rings. The molecule has 0 radical (unpaired) electrons. The fraction of sp³-hybridized carbons (Fsp3) is 0.381. The number of ether oxygens (including phenoxy) is 3. The molecule has 0 fully saturated rings. The molecule has 7 heteroatoms. The van der Waals surface area contributed by atoms with Gasteiger partial charge >= 0.3 is 0 Å². The lowest BCUT2D eigenvalue weighted by molar-refractivity contribution is -0.903. The average molecular weight is 406 g/mol. The zero-order valence-electron chi connectivity index (χ0n) is 16.2. The highest BCUT2D eigenvalue weighted by atomic mass is 35.5. The standard InChI is InChI=1S/C21H25ClN2O4/c1-3-24(14-20(25)23-17-7-4-5-8-18(17)26-2)13-15-11-16(22)21-19(12-15)27-9-6-10-28-21/h4-5,7-8,11-12H,3,6,9-10,13-14H2,1-2H3,(H,23,25)/p+1. The van der Waals surface area contributed by atoms with Crippen LogP contribution in [0.5, 0.6) is 17.2 Å². The topological polar surface area (TPSA) is 61.2 Å². The second kappa shape index (κ2) is 9.66. The predicted molar refractivity (Wildman–Crippen MR) is 109 cm³/mol. The first-order valence-corrected chi connectivity index (χ1v) is 9.83. The first-order chi connectivity index (χ1) is 13.6. The van der Waals surface area contributed by atoms with Crippen molar-refractivity contribution in [2.45, 2.75) is 19.9 Å². The molecule has 3 rings (SSSR count). The second-order valence-corrected chi connectivity index (χ2v) is 7.07. The summed E-state index contributed by atoms with van der Waals surface area (Å²) in [5.41, 5.74) is 1.68. The number of hydrogen-bond donors (Lipinski definition) is 2. The number of para-hydroxylation sites is 2. The van der Waals surface area contributed by atoms with Crippen molar-refractivity contribution in [2.75, 3.05) is 38.7 Å². The Balaban J connectivity index is 1.66. The van der Waals surface area contributed by atoms with Gasteiger partial charge in [0.25, 0.3) is 5.91 Å². The van der Waals surface area contributed by atoms with E-state index in [9.17, 15) is 4.79 Å². The number of likely N-dealkylation sites (N-methyl/N-ethyl adjacent to an activating group) is 1. The smallest absolute Gasteiger partial charge is 0.279 e. The van der Waals surface area contributed by atoms with Gasteiger partial charge in [0, 0.05) is 12.0 Å². The molecule has 150 valence electrons. The Bertz CT molecular complexity index is 828. The molecule has 28 heavy (non-hydrogen) atoms.